The number of benzene rings is 1. The fourth-order valence-corrected chi connectivity index (χ4v) is 1.20. The van der Waals surface area contributed by atoms with Crippen LogP contribution >= 0.6 is 0 Å². The molecule has 72 valence electrons. The zero-order valence-corrected chi connectivity index (χ0v) is 9.17. The van der Waals surface area contributed by atoms with E-state index < -0.39 is 0 Å². The predicted octanol–water partition coefficient (Wildman–Crippen LogP) is 4.31. The largest absolute Gasteiger partial charge is 0.0795 e. The molecule has 1 aromatic carbocycles. The third-order valence-electron chi connectivity index (χ3n) is 1.69. The van der Waals surface area contributed by atoms with E-state index in [0.29, 0.717) is 0 Å². The summed E-state index contributed by atoms with van der Waals surface area (Å²) in [7, 11) is 0. The van der Waals surface area contributed by atoms with Gasteiger partial charge in [-0.1, -0.05) is 64.1 Å². The molecule has 0 aliphatic heterocycles. The summed E-state index contributed by atoms with van der Waals surface area (Å²) < 4.78 is 0. The average molecular weight is 176 g/mol. The Morgan fingerprint density at radius 2 is 1.54 bits per heavy atom. The number of hydrogen-bond donors (Lipinski definition) is 0. The summed E-state index contributed by atoms with van der Waals surface area (Å²) in [4.78, 5) is 0. The van der Waals surface area contributed by atoms with Gasteiger partial charge >= 0.3 is 0 Å². The van der Waals surface area contributed by atoms with Gasteiger partial charge in [-0.15, -0.1) is 0 Å². The quantitative estimate of drug-likeness (QED) is 0.552. The fraction of sp³-hybridized carbons (Fsp3) is 0.385. The smallest absolute Gasteiger partial charge is 0.00882 e. The number of allylic oxidation sites excluding steroid dienone is 1. The van der Waals surface area contributed by atoms with Crippen LogP contribution in [0.5, 0.6) is 0 Å². The third-order valence-corrected chi connectivity index (χ3v) is 1.69. The maximum absolute atomic E-state index is 2.20. The molecule has 1 aliphatic carbocycles. The van der Waals surface area contributed by atoms with E-state index in [-0.39, 0.29) is 0 Å². The van der Waals surface area contributed by atoms with Crippen molar-refractivity contribution in [3.63, 3.8) is 0 Å². The van der Waals surface area contributed by atoms with Gasteiger partial charge in [0, 0.05) is 0 Å². The molecule has 0 saturated carbocycles. The molecule has 0 nitrogen and oxygen atoms in total. The Kier molecular flexibility index (Phi) is 6.99. The monoisotopic (exact) mass is 176 g/mol. The normalized spacial score (nSPS) is 10.5. The zero-order chi connectivity index (χ0) is 10.1. The van der Waals surface area contributed by atoms with E-state index >= 15 is 0 Å². The Balaban J connectivity index is 0.000000322. The molecule has 0 bridgehead atoms. The molecule has 0 atom stereocenters. The summed E-state index contributed by atoms with van der Waals surface area (Å²) in [6, 6.07) is 8.49. The summed E-state index contributed by atoms with van der Waals surface area (Å²) in [6.45, 7) is 8.00. The van der Waals surface area contributed by atoms with Gasteiger partial charge in [0.1, 0.15) is 0 Å². The first-order chi connectivity index (χ1) is 6.47. The highest BCUT2D eigenvalue weighted by Gasteiger charge is 2.00. The highest BCUT2D eigenvalue weighted by molar-refractivity contribution is 5.59. The molecule has 0 aromatic heterocycles. The van der Waals surface area contributed by atoms with E-state index in [1.54, 1.807) is 0 Å². The first-order valence-corrected chi connectivity index (χ1v) is 5.21. The molecule has 0 saturated heterocycles. The van der Waals surface area contributed by atoms with Crippen molar-refractivity contribution >= 4 is 6.08 Å². The van der Waals surface area contributed by atoms with Gasteiger partial charge in [-0.3, -0.25) is 0 Å². The number of hydrogen-bond acceptors (Lipinski definition) is 0. The summed E-state index contributed by atoms with van der Waals surface area (Å²) in [5, 5.41) is 0. The van der Waals surface area contributed by atoms with Gasteiger partial charge < -0.3 is 0 Å². The van der Waals surface area contributed by atoms with Crippen molar-refractivity contribution in [1.29, 1.82) is 0 Å². The first kappa shape index (κ1) is 12.0. The van der Waals surface area contributed by atoms with Crippen LogP contribution in [0, 0.1) is 0 Å². The van der Waals surface area contributed by atoms with Crippen molar-refractivity contribution in [3.05, 3.63) is 41.5 Å². The van der Waals surface area contributed by atoms with Crippen LogP contribution in [0.25, 0.3) is 6.08 Å². The lowest BCUT2D eigenvalue weighted by molar-refractivity contribution is 1.31. The van der Waals surface area contributed by atoms with Crippen LogP contribution in [0.2, 0.25) is 0 Å². The molecule has 0 heterocycles. The average Bonchev–Trinajstić information content (AvgIpc) is 2.71. The predicted molar refractivity (Wildman–Crippen MR) is 61.9 cm³/mol. The topological polar surface area (TPSA) is 0 Å². The second-order valence-corrected chi connectivity index (χ2v) is 2.31. The maximum Gasteiger partial charge on any atom is -0.00882 e. The van der Waals surface area contributed by atoms with Gasteiger partial charge in [0.2, 0.25) is 0 Å². The lowest BCUT2D eigenvalue weighted by atomic mass is 10.1. The molecular weight excluding hydrogens is 156 g/mol. The summed E-state index contributed by atoms with van der Waals surface area (Å²) in [5.74, 6) is 0. The van der Waals surface area contributed by atoms with Crippen molar-refractivity contribution in [2.75, 3.05) is 0 Å². The van der Waals surface area contributed by atoms with E-state index in [1.165, 1.54) is 11.1 Å². The van der Waals surface area contributed by atoms with Gasteiger partial charge in [-0.2, -0.15) is 0 Å². The first-order valence-electron chi connectivity index (χ1n) is 5.21. The number of rotatable bonds is 0. The molecule has 1 aliphatic rings. The van der Waals surface area contributed by atoms with Crippen molar-refractivity contribution < 1.29 is 0 Å². The molecule has 0 radical (unpaired) electrons. The molecule has 0 N–H and O–H groups in total. The van der Waals surface area contributed by atoms with Gasteiger partial charge in [0.25, 0.3) is 0 Å². The van der Waals surface area contributed by atoms with Crippen molar-refractivity contribution in [1.82, 2.24) is 0 Å². The van der Waals surface area contributed by atoms with Crippen molar-refractivity contribution in [2.45, 2.75) is 34.1 Å². The van der Waals surface area contributed by atoms with Crippen molar-refractivity contribution in [2.24, 2.45) is 0 Å². The van der Waals surface area contributed by atoms with Crippen LogP contribution in [0.3, 0.4) is 0 Å². The van der Waals surface area contributed by atoms with Crippen LogP contribution in [0.15, 0.2) is 30.3 Å². The molecule has 13 heavy (non-hydrogen) atoms. The van der Waals surface area contributed by atoms with Crippen LogP contribution in [0.1, 0.15) is 38.8 Å². The Labute approximate surface area is 82.3 Å². The van der Waals surface area contributed by atoms with Crippen LogP contribution in [-0.4, -0.2) is 0 Å². The van der Waals surface area contributed by atoms with E-state index in [4.69, 9.17) is 0 Å². The summed E-state index contributed by atoms with van der Waals surface area (Å²) in [5.41, 5.74) is 2.84. The van der Waals surface area contributed by atoms with E-state index in [0.717, 1.165) is 6.42 Å². The van der Waals surface area contributed by atoms with Crippen molar-refractivity contribution in [3.8, 4) is 0 Å². The Bertz CT molecular complexity index is 246. The zero-order valence-electron chi connectivity index (χ0n) is 9.17. The van der Waals surface area contributed by atoms with E-state index in [9.17, 15) is 0 Å². The minimum absolute atomic E-state index is 1.12. The van der Waals surface area contributed by atoms with Crippen LogP contribution in [-0.2, 0) is 6.42 Å². The minimum atomic E-state index is 1.12. The van der Waals surface area contributed by atoms with Crippen LogP contribution in [0.4, 0.5) is 0 Å². The lowest BCUT2D eigenvalue weighted by Gasteiger charge is -1.93. The SMILES string of the molecule is C1=Cc2ccccc2C1.CC.CC. The summed E-state index contributed by atoms with van der Waals surface area (Å²) in [6.07, 6.45) is 5.50. The molecule has 0 heteroatoms. The molecule has 2 rings (SSSR count). The van der Waals surface area contributed by atoms with Gasteiger partial charge in [0.05, 0.1) is 0 Å². The van der Waals surface area contributed by atoms with E-state index in [1.807, 2.05) is 27.7 Å². The van der Waals surface area contributed by atoms with Gasteiger partial charge in [-0.25, -0.2) is 0 Å². The molecule has 0 unspecified atom stereocenters. The Morgan fingerprint density at radius 1 is 0.923 bits per heavy atom. The second kappa shape index (κ2) is 7.60. The number of fused-ring (bicyclic) bond motifs is 1. The molecule has 0 spiro atoms. The standard InChI is InChI=1S/C9H8.2C2H6/c1-2-5-9-7-3-6-8(9)4-1;2*1-2/h1-6H,7H2;2*1-2H3. The summed E-state index contributed by atoms with van der Waals surface area (Å²) >= 11 is 0. The van der Waals surface area contributed by atoms with Gasteiger partial charge in [0.15, 0.2) is 0 Å². The Hall–Kier alpha value is -1.04. The van der Waals surface area contributed by atoms with E-state index in [2.05, 4.69) is 36.4 Å². The third kappa shape index (κ3) is 3.45. The lowest BCUT2D eigenvalue weighted by Crippen LogP contribution is -1.76. The molecule has 0 amide bonds. The van der Waals surface area contributed by atoms with Gasteiger partial charge in [-0.05, 0) is 17.5 Å². The highest BCUT2D eigenvalue weighted by atomic mass is 14.0. The minimum Gasteiger partial charge on any atom is -0.0795 e. The Morgan fingerprint density at radius 3 is 2.15 bits per heavy atom. The molecule has 1 aromatic rings. The highest BCUT2D eigenvalue weighted by Crippen LogP contribution is 2.17. The van der Waals surface area contributed by atoms with Crippen LogP contribution < -0.4 is 0 Å². The molecular formula is C13H20. The molecule has 0 fully saturated rings. The fourth-order valence-electron chi connectivity index (χ4n) is 1.20. The maximum atomic E-state index is 2.20. The second-order valence-electron chi connectivity index (χ2n) is 2.31.